The minimum absolute atomic E-state index is 0.0625. The van der Waals surface area contributed by atoms with Crippen LogP contribution in [0, 0.1) is 5.82 Å². The molecule has 21 heavy (non-hydrogen) atoms. The van der Waals surface area contributed by atoms with Gasteiger partial charge in [-0.25, -0.2) is 4.39 Å². The molecular formula is C16H16ClFO3. The van der Waals surface area contributed by atoms with Crippen LogP contribution in [0.5, 0.6) is 11.5 Å². The number of hydrogen-bond donors (Lipinski definition) is 1. The average molecular weight is 311 g/mol. The van der Waals surface area contributed by atoms with Gasteiger partial charge in [-0.3, -0.25) is 0 Å². The Morgan fingerprint density at radius 3 is 2.57 bits per heavy atom. The van der Waals surface area contributed by atoms with Crippen LogP contribution in [0.25, 0.3) is 0 Å². The molecule has 0 spiro atoms. The van der Waals surface area contributed by atoms with E-state index < -0.39 is 11.9 Å². The van der Waals surface area contributed by atoms with Gasteiger partial charge in [-0.15, -0.1) is 0 Å². The summed E-state index contributed by atoms with van der Waals surface area (Å²) in [4.78, 5) is 0. The van der Waals surface area contributed by atoms with Crippen LogP contribution in [0.3, 0.4) is 0 Å². The van der Waals surface area contributed by atoms with Crippen molar-refractivity contribution in [3.8, 4) is 11.5 Å². The molecule has 2 rings (SSSR count). The Morgan fingerprint density at radius 2 is 1.95 bits per heavy atom. The Hall–Kier alpha value is -1.78. The lowest BCUT2D eigenvalue weighted by atomic mass is 10.1. The maximum Gasteiger partial charge on any atom is 0.161 e. The number of methoxy groups -OCH3 is 1. The Bertz CT molecular complexity index is 629. The number of ether oxygens (including phenoxy) is 2. The van der Waals surface area contributed by atoms with Crippen molar-refractivity contribution in [1.29, 1.82) is 0 Å². The van der Waals surface area contributed by atoms with Gasteiger partial charge in [0.2, 0.25) is 0 Å². The van der Waals surface area contributed by atoms with Crippen LogP contribution in [0.2, 0.25) is 5.02 Å². The van der Waals surface area contributed by atoms with Crippen molar-refractivity contribution in [3.05, 3.63) is 58.4 Å². The van der Waals surface area contributed by atoms with Gasteiger partial charge >= 0.3 is 0 Å². The van der Waals surface area contributed by atoms with Crippen LogP contribution in [-0.4, -0.2) is 12.2 Å². The molecule has 0 heterocycles. The van der Waals surface area contributed by atoms with E-state index in [0.29, 0.717) is 11.5 Å². The minimum Gasteiger partial charge on any atom is -0.493 e. The topological polar surface area (TPSA) is 38.7 Å². The quantitative estimate of drug-likeness (QED) is 0.903. The van der Waals surface area contributed by atoms with Gasteiger partial charge in [0, 0.05) is 0 Å². The molecule has 0 saturated carbocycles. The maximum absolute atomic E-state index is 13.1. The third kappa shape index (κ3) is 3.86. The molecule has 5 heteroatoms. The Morgan fingerprint density at radius 1 is 1.19 bits per heavy atom. The molecule has 0 saturated heterocycles. The van der Waals surface area contributed by atoms with E-state index >= 15 is 0 Å². The first kappa shape index (κ1) is 15.6. The highest BCUT2D eigenvalue weighted by atomic mass is 35.5. The molecule has 2 aromatic carbocycles. The van der Waals surface area contributed by atoms with Gasteiger partial charge < -0.3 is 14.6 Å². The highest BCUT2D eigenvalue weighted by Crippen LogP contribution is 2.31. The molecule has 0 bridgehead atoms. The zero-order chi connectivity index (χ0) is 15.4. The largest absolute Gasteiger partial charge is 0.493 e. The van der Waals surface area contributed by atoms with Crippen LogP contribution < -0.4 is 9.47 Å². The van der Waals surface area contributed by atoms with Crippen LogP contribution in [0.4, 0.5) is 4.39 Å². The predicted molar refractivity (Wildman–Crippen MR) is 79.4 cm³/mol. The Labute approximate surface area is 127 Å². The van der Waals surface area contributed by atoms with Crippen molar-refractivity contribution in [2.45, 2.75) is 19.6 Å². The monoisotopic (exact) mass is 310 g/mol. The third-order valence-electron chi connectivity index (χ3n) is 3.05. The predicted octanol–water partition coefficient (Wildman–Crippen LogP) is 4.12. The first-order chi connectivity index (χ1) is 10.0. The molecule has 1 N–H and O–H groups in total. The van der Waals surface area contributed by atoms with Gasteiger partial charge in [0.15, 0.2) is 11.5 Å². The molecule has 3 nitrogen and oxygen atoms in total. The second-order valence-corrected chi connectivity index (χ2v) is 5.03. The number of halogens is 2. The van der Waals surface area contributed by atoms with Crippen molar-refractivity contribution in [1.82, 2.24) is 0 Å². The van der Waals surface area contributed by atoms with Crippen molar-refractivity contribution in [2.75, 3.05) is 7.11 Å². The zero-order valence-corrected chi connectivity index (χ0v) is 12.5. The number of benzene rings is 2. The van der Waals surface area contributed by atoms with Crippen molar-refractivity contribution >= 4 is 11.6 Å². The first-order valence-corrected chi connectivity index (χ1v) is 6.81. The van der Waals surface area contributed by atoms with Gasteiger partial charge in [-0.1, -0.05) is 23.7 Å². The van der Waals surface area contributed by atoms with E-state index in [-0.39, 0.29) is 11.6 Å². The molecule has 0 aromatic heterocycles. The van der Waals surface area contributed by atoms with E-state index in [0.717, 1.165) is 11.1 Å². The van der Waals surface area contributed by atoms with Crippen LogP contribution in [-0.2, 0) is 6.61 Å². The number of hydrogen-bond acceptors (Lipinski definition) is 3. The van der Waals surface area contributed by atoms with Gasteiger partial charge in [0.05, 0.1) is 18.2 Å². The summed E-state index contributed by atoms with van der Waals surface area (Å²) in [5.41, 5.74) is 1.49. The van der Waals surface area contributed by atoms with Crippen molar-refractivity contribution < 1.29 is 19.0 Å². The SMILES string of the molecule is COc1cc(C(C)O)ccc1OCc1ccc(F)c(Cl)c1. The first-order valence-electron chi connectivity index (χ1n) is 6.44. The summed E-state index contributed by atoms with van der Waals surface area (Å²) in [6, 6.07) is 9.64. The molecule has 0 aliphatic rings. The molecule has 0 aliphatic heterocycles. The molecule has 0 fully saturated rings. The summed E-state index contributed by atoms with van der Waals surface area (Å²) >= 11 is 5.73. The summed E-state index contributed by atoms with van der Waals surface area (Å²) in [6.07, 6.45) is -0.580. The number of aliphatic hydroxyl groups excluding tert-OH is 1. The van der Waals surface area contributed by atoms with Gasteiger partial charge in [-0.05, 0) is 42.3 Å². The molecule has 0 aliphatic carbocycles. The van der Waals surface area contributed by atoms with Crippen LogP contribution in [0.15, 0.2) is 36.4 Å². The summed E-state index contributed by atoms with van der Waals surface area (Å²) in [5.74, 6) is 0.614. The van der Waals surface area contributed by atoms with E-state index in [1.807, 2.05) is 0 Å². The smallest absolute Gasteiger partial charge is 0.161 e. The lowest BCUT2D eigenvalue weighted by Crippen LogP contribution is -2.00. The van der Waals surface area contributed by atoms with E-state index in [1.54, 1.807) is 31.2 Å². The molecule has 1 unspecified atom stereocenters. The third-order valence-corrected chi connectivity index (χ3v) is 3.34. The Balaban J connectivity index is 2.13. The van der Waals surface area contributed by atoms with Crippen LogP contribution in [0.1, 0.15) is 24.2 Å². The fraction of sp³-hybridized carbons (Fsp3) is 0.250. The van der Waals surface area contributed by atoms with Gasteiger partial charge in [0.25, 0.3) is 0 Å². The molecule has 0 radical (unpaired) electrons. The fourth-order valence-electron chi connectivity index (χ4n) is 1.85. The number of rotatable bonds is 5. The lowest BCUT2D eigenvalue weighted by molar-refractivity contribution is 0.198. The second-order valence-electron chi connectivity index (χ2n) is 4.62. The van der Waals surface area contributed by atoms with E-state index in [4.69, 9.17) is 21.1 Å². The van der Waals surface area contributed by atoms with Crippen molar-refractivity contribution in [2.24, 2.45) is 0 Å². The molecular weight excluding hydrogens is 295 g/mol. The van der Waals surface area contributed by atoms with Gasteiger partial charge in [0.1, 0.15) is 12.4 Å². The highest BCUT2D eigenvalue weighted by molar-refractivity contribution is 6.30. The van der Waals surface area contributed by atoms with Gasteiger partial charge in [-0.2, -0.15) is 0 Å². The van der Waals surface area contributed by atoms with Crippen LogP contribution >= 0.6 is 11.6 Å². The summed E-state index contributed by atoms with van der Waals surface area (Å²) < 4.78 is 24.0. The summed E-state index contributed by atoms with van der Waals surface area (Å²) in [7, 11) is 1.53. The highest BCUT2D eigenvalue weighted by Gasteiger charge is 2.09. The summed E-state index contributed by atoms with van der Waals surface area (Å²) in [6.45, 7) is 1.92. The molecule has 0 amide bonds. The lowest BCUT2D eigenvalue weighted by Gasteiger charge is -2.13. The second kappa shape index (κ2) is 6.78. The van der Waals surface area contributed by atoms with Crippen molar-refractivity contribution in [3.63, 3.8) is 0 Å². The van der Waals surface area contributed by atoms with E-state index in [9.17, 15) is 9.50 Å². The van der Waals surface area contributed by atoms with E-state index in [1.165, 1.54) is 19.2 Å². The average Bonchev–Trinajstić information content (AvgIpc) is 2.48. The fourth-order valence-corrected chi connectivity index (χ4v) is 2.06. The van der Waals surface area contributed by atoms with E-state index in [2.05, 4.69) is 0 Å². The zero-order valence-electron chi connectivity index (χ0n) is 11.8. The summed E-state index contributed by atoms with van der Waals surface area (Å²) in [5, 5.41) is 9.61. The number of aliphatic hydroxyl groups is 1. The minimum atomic E-state index is -0.580. The molecule has 2 aromatic rings. The Kier molecular flexibility index (Phi) is 5.04. The molecule has 112 valence electrons. The molecule has 1 atom stereocenters. The maximum atomic E-state index is 13.1. The standard InChI is InChI=1S/C16H16ClFO3/c1-10(19)12-4-6-15(16(8-12)20-2)21-9-11-3-5-14(18)13(17)7-11/h3-8,10,19H,9H2,1-2H3. The normalized spacial score (nSPS) is 12.0.